The van der Waals surface area contributed by atoms with Crippen molar-refractivity contribution in [2.24, 2.45) is 5.92 Å². The molecule has 126 valence electrons. The van der Waals surface area contributed by atoms with Crippen LogP contribution in [0, 0.1) is 12.8 Å². The van der Waals surface area contributed by atoms with Gasteiger partial charge in [0.15, 0.2) is 11.7 Å². The molecule has 1 aromatic rings. The molecule has 0 aromatic heterocycles. The molecular formula is C17H25N3O2S. The van der Waals surface area contributed by atoms with Gasteiger partial charge in [-0.15, -0.1) is 0 Å². The molecule has 0 bridgehead atoms. The fourth-order valence-electron chi connectivity index (χ4n) is 2.75. The lowest BCUT2D eigenvalue weighted by Gasteiger charge is -2.30. The van der Waals surface area contributed by atoms with Gasteiger partial charge in [0.2, 0.25) is 0 Å². The number of aryl methyl sites for hydroxylation is 1. The van der Waals surface area contributed by atoms with Crippen molar-refractivity contribution in [3.05, 3.63) is 29.8 Å². The van der Waals surface area contributed by atoms with E-state index >= 15 is 0 Å². The van der Waals surface area contributed by atoms with Crippen LogP contribution in [-0.2, 0) is 4.79 Å². The van der Waals surface area contributed by atoms with E-state index in [-0.39, 0.29) is 12.5 Å². The Morgan fingerprint density at radius 1 is 1.30 bits per heavy atom. The van der Waals surface area contributed by atoms with Crippen LogP contribution in [0.15, 0.2) is 24.3 Å². The van der Waals surface area contributed by atoms with Crippen molar-refractivity contribution in [2.45, 2.75) is 45.6 Å². The average molecular weight is 335 g/mol. The number of carbonyl (C=O) groups is 1. The SMILES string of the molecule is Cc1cccc(OCC(=O)NNC(=S)N[C@@H]2CCCC[C@H]2C)c1. The summed E-state index contributed by atoms with van der Waals surface area (Å²) in [7, 11) is 0. The van der Waals surface area contributed by atoms with E-state index in [4.69, 9.17) is 17.0 Å². The molecule has 23 heavy (non-hydrogen) atoms. The Balaban J connectivity index is 1.66. The molecule has 0 radical (unpaired) electrons. The van der Waals surface area contributed by atoms with Crippen molar-refractivity contribution in [3.8, 4) is 5.75 Å². The molecule has 5 nitrogen and oxygen atoms in total. The van der Waals surface area contributed by atoms with Gasteiger partial charge in [0, 0.05) is 6.04 Å². The van der Waals surface area contributed by atoms with Crippen molar-refractivity contribution in [2.75, 3.05) is 6.61 Å². The minimum Gasteiger partial charge on any atom is -0.484 e. The Morgan fingerprint density at radius 3 is 2.83 bits per heavy atom. The van der Waals surface area contributed by atoms with Gasteiger partial charge >= 0.3 is 0 Å². The van der Waals surface area contributed by atoms with Gasteiger partial charge in [-0.05, 0) is 55.6 Å². The van der Waals surface area contributed by atoms with E-state index in [9.17, 15) is 4.79 Å². The fourth-order valence-corrected chi connectivity index (χ4v) is 2.95. The molecule has 6 heteroatoms. The molecule has 1 aromatic carbocycles. The lowest BCUT2D eigenvalue weighted by atomic mass is 9.86. The zero-order chi connectivity index (χ0) is 16.7. The summed E-state index contributed by atoms with van der Waals surface area (Å²) in [5.41, 5.74) is 6.38. The van der Waals surface area contributed by atoms with E-state index in [1.165, 1.54) is 19.3 Å². The second-order valence-corrected chi connectivity index (χ2v) is 6.53. The highest BCUT2D eigenvalue weighted by atomic mass is 32.1. The first-order chi connectivity index (χ1) is 11.0. The Bertz CT molecular complexity index is 550. The summed E-state index contributed by atoms with van der Waals surface area (Å²) in [5, 5.41) is 3.72. The predicted molar refractivity (Wildman–Crippen MR) is 95.1 cm³/mol. The maximum Gasteiger partial charge on any atom is 0.276 e. The molecule has 0 spiro atoms. The Hall–Kier alpha value is -1.82. The highest BCUT2D eigenvalue weighted by molar-refractivity contribution is 7.80. The standard InChI is InChI=1S/C17H25N3O2S/c1-12-6-5-8-14(10-12)22-11-16(21)19-20-17(23)18-15-9-4-3-7-13(15)2/h5-6,8,10,13,15H,3-4,7,9,11H2,1-2H3,(H,19,21)(H2,18,20,23)/t13-,15-/m1/s1. The van der Waals surface area contributed by atoms with Crippen LogP contribution in [0.1, 0.15) is 38.2 Å². The van der Waals surface area contributed by atoms with Gasteiger partial charge < -0.3 is 10.1 Å². The number of carbonyl (C=O) groups excluding carboxylic acids is 1. The molecule has 0 aliphatic heterocycles. The molecule has 1 aliphatic rings. The number of benzene rings is 1. The normalized spacial score (nSPS) is 20.4. The van der Waals surface area contributed by atoms with Gasteiger partial charge in [0.25, 0.3) is 5.91 Å². The monoisotopic (exact) mass is 335 g/mol. The number of thiocarbonyl (C=S) groups is 1. The third-order valence-corrected chi connectivity index (χ3v) is 4.32. The van der Waals surface area contributed by atoms with E-state index in [1.807, 2.05) is 31.2 Å². The van der Waals surface area contributed by atoms with Gasteiger partial charge in [0.05, 0.1) is 0 Å². The van der Waals surface area contributed by atoms with Crippen LogP contribution in [-0.4, -0.2) is 23.7 Å². The Kier molecular flexibility index (Phi) is 6.65. The van der Waals surface area contributed by atoms with E-state index in [0.29, 0.717) is 22.8 Å². The highest BCUT2D eigenvalue weighted by Gasteiger charge is 2.21. The van der Waals surface area contributed by atoms with Crippen molar-refractivity contribution in [3.63, 3.8) is 0 Å². The number of ether oxygens (including phenoxy) is 1. The molecule has 2 atom stereocenters. The summed E-state index contributed by atoms with van der Waals surface area (Å²) in [6.45, 7) is 4.15. The minimum absolute atomic E-state index is 0.0566. The van der Waals surface area contributed by atoms with Gasteiger partial charge in [-0.1, -0.05) is 31.9 Å². The second-order valence-electron chi connectivity index (χ2n) is 6.12. The summed E-state index contributed by atoms with van der Waals surface area (Å²) < 4.78 is 5.43. The molecule has 0 heterocycles. The second kappa shape index (κ2) is 8.72. The first-order valence-electron chi connectivity index (χ1n) is 8.09. The molecule has 1 fully saturated rings. The summed E-state index contributed by atoms with van der Waals surface area (Å²) in [6, 6.07) is 7.96. The average Bonchev–Trinajstić information content (AvgIpc) is 2.53. The zero-order valence-electron chi connectivity index (χ0n) is 13.7. The first-order valence-corrected chi connectivity index (χ1v) is 8.50. The van der Waals surface area contributed by atoms with Crippen LogP contribution in [0.25, 0.3) is 0 Å². The van der Waals surface area contributed by atoms with Gasteiger partial charge in [-0.3, -0.25) is 15.6 Å². The number of nitrogens with one attached hydrogen (secondary N) is 3. The largest absolute Gasteiger partial charge is 0.484 e. The molecular weight excluding hydrogens is 310 g/mol. The molecule has 1 aliphatic carbocycles. The topological polar surface area (TPSA) is 62.4 Å². The van der Waals surface area contributed by atoms with Crippen molar-refractivity contribution >= 4 is 23.2 Å². The van der Waals surface area contributed by atoms with Gasteiger partial charge in [-0.2, -0.15) is 0 Å². The van der Waals surface area contributed by atoms with Crippen molar-refractivity contribution < 1.29 is 9.53 Å². The predicted octanol–water partition coefficient (Wildman–Crippen LogP) is 2.45. The first kappa shape index (κ1) is 17.5. The summed E-state index contributed by atoms with van der Waals surface area (Å²) >= 11 is 5.22. The maximum absolute atomic E-state index is 11.8. The van der Waals surface area contributed by atoms with Gasteiger partial charge in [-0.25, -0.2) is 0 Å². The molecule has 1 amide bonds. The summed E-state index contributed by atoms with van der Waals surface area (Å²) in [6.07, 6.45) is 4.85. The number of hydrogen-bond acceptors (Lipinski definition) is 3. The van der Waals surface area contributed by atoms with E-state index in [1.54, 1.807) is 0 Å². The molecule has 3 N–H and O–H groups in total. The lowest BCUT2D eigenvalue weighted by molar-refractivity contribution is -0.123. The van der Waals surface area contributed by atoms with E-state index in [2.05, 4.69) is 23.1 Å². The number of amides is 1. The summed E-state index contributed by atoms with van der Waals surface area (Å²) in [5.74, 6) is 1.01. The van der Waals surface area contributed by atoms with Crippen LogP contribution in [0.3, 0.4) is 0 Å². The Morgan fingerprint density at radius 2 is 2.09 bits per heavy atom. The van der Waals surface area contributed by atoms with Gasteiger partial charge in [0.1, 0.15) is 5.75 Å². The van der Waals surface area contributed by atoms with Crippen molar-refractivity contribution in [1.82, 2.24) is 16.2 Å². The van der Waals surface area contributed by atoms with Crippen LogP contribution in [0.5, 0.6) is 5.75 Å². The van der Waals surface area contributed by atoms with Crippen LogP contribution in [0.2, 0.25) is 0 Å². The molecule has 0 unspecified atom stereocenters. The number of hydrazine groups is 1. The third kappa shape index (κ3) is 6.06. The quantitative estimate of drug-likeness (QED) is 0.583. The molecule has 1 saturated carbocycles. The van der Waals surface area contributed by atoms with Crippen molar-refractivity contribution in [1.29, 1.82) is 0 Å². The Labute approximate surface area is 143 Å². The minimum atomic E-state index is -0.271. The fraction of sp³-hybridized carbons (Fsp3) is 0.529. The maximum atomic E-state index is 11.8. The zero-order valence-corrected chi connectivity index (χ0v) is 14.5. The lowest BCUT2D eigenvalue weighted by Crippen LogP contribution is -2.52. The number of rotatable bonds is 4. The van der Waals surface area contributed by atoms with Crippen LogP contribution >= 0.6 is 12.2 Å². The van der Waals surface area contributed by atoms with Crippen LogP contribution < -0.4 is 20.9 Å². The highest BCUT2D eigenvalue weighted by Crippen LogP contribution is 2.23. The third-order valence-electron chi connectivity index (χ3n) is 4.10. The van der Waals surface area contributed by atoms with E-state index in [0.717, 1.165) is 12.0 Å². The van der Waals surface area contributed by atoms with Crippen LogP contribution in [0.4, 0.5) is 0 Å². The van der Waals surface area contributed by atoms with E-state index < -0.39 is 0 Å². The molecule has 0 saturated heterocycles. The smallest absolute Gasteiger partial charge is 0.276 e. The number of hydrogen-bond donors (Lipinski definition) is 3. The molecule has 2 rings (SSSR count). The summed E-state index contributed by atoms with van der Waals surface area (Å²) in [4.78, 5) is 11.8.